The van der Waals surface area contributed by atoms with Gasteiger partial charge in [0.2, 0.25) is 0 Å². The first kappa shape index (κ1) is 28.2. The van der Waals surface area contributed by atoms with E-state index in [0.29, 0.717) is 12.8 Å². The summed E-state index contributed by atoms with van der Waals surface area (Å²) in [6.45, 7) is 12.6. The second-order valence-corrected chi connectivity index (χ2v) is 11.0. The minimum absolute atomic E-state index is 0.0127. The molecule has 0 atom stereocenters. The van der Waals surface area contributed by atoms with Gasteiger partial charge in [0.15, 0.2) is 0 Å². The molecule has 0 radical (unpaired) electrons. The van der Waals surface area contributed by atoms with Crippen molar-refractivity contribution >= 4 is 56.2 Å². The molecule has 1 aliphatic rings. The van der Waals surface area contributed by atoms with E-state index in [4.69, 9.17) is 4.98 Å². The van der Waals surface area contributed by atoms with Gasteiger partial charge in [0.05, 0.1) is 16.9 Å². The topological polar surface area (TPSA) is 135 Å². The zero-order valence-corrected chi connectivity index (χ0v) is 24.6. The number of aryl methyl sites for hydroxylation is 6. The van der Waals surface area contributed by atoms with Crippen molar-refractivity contribution in [3.8, 4) is 0 Å². The highest BCUT2D eigenvalue weighted by molar-refractivity contribution is 5.97. The van der Waals surface area contributed by atoms with Crippen LogP contribution in [0.25, 0.3) is 44.2 Å². The molecule has 5 heterocycles. The Balaban J connectivity index is 1.98. The molecule has 5 rings (SSSR count). The van der Waals surface area contributed by atoms with Crippen LogP contribution in [-0.4, -0.2) is 42.1 Å². The number of nitrogens with one attached hydrogen (secondary N) is 3. The van der Waals surface area contributed by atoms with Crippen LogP contribution in [0, 0.1) is 20.8 Å². The molecule has 4 aromatic heterocycles. The van der Waals surface area contributed by atoms with E-state index in [0.717, 1.165) is 85.2 Å². The number of carboxylic acids is 2. The van der Waals surface area contributed by atoms with E-state index in [1.54, 1.807) is 0 Å². The summed E-state index contributed by atoms with van der Waals surface area (Å²) in [6, 6.07) is 6.20. The molecular weight excluding hydrogens is 516 g/mol. The van der Waals surface area contributed by atoms with Gasteiger partial charge in [0.1, 0.15) is 0 Å². The fourth-order valence-corrected chi connectivity index (χ4v) is 6.31. The summed E-state index contributed by atoms with van der Waals surface area (Å²) in [6.07, 6.45) is 2.48. The molecule has 8 heteroatoms. The van der Waals surface area contributed by atoms with Crippen molar-refractivity contribution in [3.63, 3.8) is 0 Å². The molecule has 5 N–H and O–H groups in total. The molecule has 4 aromatic rings. The molecule has 8 nitrogen and oxygen atoms in total. The SMILES string of the molecule is CCC1=C(C)c2nc1cc1[nH]c(cc3[nH]c(cc4[nH]c2c(C)c4CC)c(C)c3CCC(=O)O)c(CCC(=O)O)c1C. The number of rotatable bonds is 8. The van der Waals surface area contributed by atoms with Crippen molar-refractivity contribution < 1.29 is 19.8 Å². The van der Waals surface area contributed by atoms with Crippen molar-refractivity contribution in [1.82, 2.24) is 19.9 Å². The van der Waals surface area contributed by atoms with Crippen LogP contribution < -0.4 is 0 Å². The van der Waals surface area contributed by atoms with Crippen molar-refractivity contribution in [2.24, 2.45) is 0 Å². The standard InChI is InChI=1S/C33H38N4O4/c1-7-20-18(5)32-33-19(6)21(8-2)27(37-33)14-25-17(4)23(10-12-31(40)41)29(35-25)15-28-22(9-11-30(38)39)16(3)24(34-28)13-26(20)36-32/h13-15,34-36H,7-12H2,1-6H3,(H,38,39)(H,40,41). The quantitative estimate of drug-likeness (QED) is 0.155. The number of aliphatic carboxylic acids is 2. The number of hydrogen-bond donors (Lipinski definition) is 5. The molecule has 0 saturated heterocycles. The van der Waals surface area contributed by atoms with Crippen molar-refractivity contribution in [1.29, 1.82) is 0 Å². The average molecular weight is 555 g/mol. The highest BCUT2D eigenvalue weighted by Gasteiger charge is 2.21. The van der Waals surface area contributed by atoms with Gasteiger partial charge in [-0.2, -0.15) is 0 Å². The van der Waals surface area contributed by atoms with Crippen LogP contribution in [0.3, 0.4) is 0 Å². The van der Waals surface area contributed by atoms with Gasteiger partial charge < -0.3 is 25.2 Å². The molecular formula is C33H38N4O4. The van der Waals surface area contributed by atoms with Gasteiger partial charge in [-0.05, 0) is 116 Å². The Bertz CT molecular complexity index is 1870. The van der Waals surface area contributed by atoms with Crippen LogP contribution in [0.4, 0.5) is 0 Å². The number of carbonyl (C=O) groups is 2. The van der Waals surface area contributed by atoms with E-state index >= 15 is 0 Å². The number of carboxylic acid groups (broad SMARTS) is 2. The van der Waals surface area contributed by atoms with Crippen LogP contribution in [0.15, 0.2) is 18.2 Å². The van der Waals surface area contributed by atoms with Crippen molar-refractivity contribution in [2.45, 2.75) is 80.1 Å². The van der Waals surface area contributed by atoms with Crippen LogP contribution in [-0.2, 0) is 28.9 Å². The summed E-state index contributed by atoms with van der Waals surface area (Å²) in [5.41, 5.74) is 16.0. The molecule has 214 valence electrons. The van der Waals surface area contributed by atoms with E-state index in [1.165, 1.54) is 16.7 Å². The first-order valence-electron chi connectivity index (χ1n) is 14.3. The van der Waals surface area contributed by atoms with Gasteiger partial charge in [-0.1, -0.05) is 13.8 Å². The lowest BCUT2D eigenvalue weighted by Crippen LogP contribution is -1.98. The number of allylic oxidation sites excluding steroid dienone is 2. The zero-order chi connectivity index (χ0) is 29.6. The summed E-state index contributed by atoms with van der Waals surface area (Å²) < 4.78 is 0. The largest absolute Gasteiger partial charge is 0.481 e. The molecule has 0 saturated carbocycles. The van der Waals surface area contributed by atoms with Crippen LogP contribution >= 0.6 is 0 Å². The summed E-state index contributed by atoms with van der Waals surface area (Å²) in [4.78, 5) is 39.0. The predicted octanol–water partition coefficient (Wildman–Crippen LogP) is 7.39. The normalized spacial score (nSPS) is 12.5. The number of fused-ring (bicyclic) bond motifs is 9. The molecule has 0 fully saturated rings. The molecule has 0 spiro atoms. The van der Waals surface area contributed by atoms with E-state index in [-0.39, 0.29) is 12.8 Å². The Hall–Kier alpha value is -4.33. The molecule has 41 heavy (non-hydrogen) atoms. The summed E-state index contributed by atoms with van der Waals surface area (Å²) in [5, 5.41) is 18.9. The maximum Gasteiger partial charge on any atom is 0.303 e. The second-order valence-electron chi connectivity index (χ2n) is 11.0. The first-order chi connectivity index (χ1) is 19.5. The van der Waals surface area contributed by atoms with Crippen LogP contribution in [0.1, 0.15) is 84.8 Å². The smallest absolute Gasteiger partial charge is 0.303 e. The molecule has 0 aromatic carbocycles. The van der Waals surface area contributed by atoms with E-state index in [1.807, 2.05) is 19.9 Å². The van der Waals surface area contributed by atoms with Gasteiger partial charge >= 0.3 is 11.9 Å². The monoisotopic (exact) mass is 554 g/mol. The third-order valence-electron chi connectivity index (χ3n) is 8.64. The molecule has 8 bridgehead atoms. The maximum absolute atomic E-state index is 11.5. The van der Waals surface area contributed by atoms with Gasteiger partial charge in [0, 0.05) is 40.4 Å². The number of hydrogen-bond acceptors (Lipinski definition) is 3. The minimum Gasteiger partial charge on any atom is -0.481 e. The van der Waals surface area contributed by atoms with E-state index < -0.39 is 11.9 Å². The highest BCUT2D eigenvalue weighted by Crippen LogP contribution is 2.37. The highest BCUT2D eigenvalue weighted by atomic mass is 16.4. The molecule has 0 amide bonds. The summed E-state index contributed by atoms with van der Waals surface area (Å²) >= 11 is 0. The second kappa shape index (κ2) is 10.9. The third kappa shape index (κ3) is 5.03. The third-order valence-corrected chi connectivity index (χ3v) is 8.64. The van der Waals surface area contributed by atoms with Crippen molar-refractivity contribution in [2.75, 3.05) is 0 Å². The lowest BCUT2D eigenvalue weighted by molar-refractivity contribution is -0.138. The van der Waals surface area contributed by atoms with Crippen LogP contribution in [0.5, 0.6) is 0 Å². The lowest BCUT2D eigenvalue weighted by atomic mass is 10.0. The predicted molar refractivity (Wildman–Crippen MR) is 165 cm³/mol. The number of nitrogens with zero attached hydrogens (tertiary/aromatic N) is 1. The Morgan fingerprint density at radius 1 is 0.683 bits per heavy atom. The Labute approximate surface area is 238 Å². The van der Waals surface area contributed by atoms with E-state index in [9.17, 15) is 19.8 Å². The van der Waals surface area contributed by atoms with Crippen LogP contribution in [0.2, 0.25) is 0 Å². The molecule has 0 unspecified atom stereocenters. The number of H-pyrrole nitrogens is 3. The number of aromatic amines is 3. The maximum atomic E-state index is 11.5. The minimum atomic E-state index is -0.850. The van der Waals surface area contributed by atoms with Gasteiger partial charge in [-0.15, -0.1) is 0 Å². The zero-order valence-electron chi connectivity index (χ0n) is 24.6. The van der Waals surface area contributed by atoms with E-state index in [2.05, 4.69) is 54.8 Å². The summed E-state index contributed by atoms with van der Waals surface area (Å²) in [5.74, 6) is -1.70. The first-order valence-corrected chi connectivity index (χ1v) is 14.3. The van der Waals surface area contributed by atoms with Gasteiger partial charge in [0.25, 0.3) is 0 Å². The Kier molecular flexibility index (Phi) is 7.51. The fourth-order valence-electron chi connectivity index (χ4n) is 6.31. The lowest BCUT2D eigenvalue weighted by Gasteiger charge is -2.01. The van der Waals surface area contributed by atoms with Gasteiger partial charge in [-0.25, -0.2) is 4.98 Å². The number of aromatic nitrogens is 4. The average Bonchev–Trinajstić information content (AvgIpc) is 3.58. The fraction of sp³-hybridized carbons (Fsp3) is 0.364. The Morgan fingerprint density at radius 3 is 1.71 bits per heavy atom. The van der Waals surface area contributed by atoms with Crippen molar-refractivity contribution in [3.05, 3.63) is 63.0 Å². The summed E-state index contributed by atoms with van der Waals surface area (Å²) in [7, 11) is 0. The van der Waals surface area contributed by atoms with Gasteiger partial charge in [-0.3, -0.25) is 9.59 Å². The molecule has 0 aliphatic carbocycles. The Morgan fingerprint density at radius 2 is 1.20 bits per heavy atom. The molecule has 1 aliphatic heterocycles.